The molecular formula is C31H29F3N2O6. The Bertz CT molecular complexity index is 1530. The molecule has 3 aromatic carbocycles. The van der Waals surface area contributed by atoms with Crippen LogP contribution < -0.4 is 29.2 Å². The van der Waals surface area contributed by atoms with Crippen molar-refractivity contribution in [1.29, 1.82) is 0 Å². The van der Waals surface area contributed by atoms with Crippen LogP contribution in [-0.2, 0) is 9.59 Å². The van der Waals surface area contributed by atoms with E-state index in [2.05, 4.69) is 5.32 Å². The fraction of sp³-hybridized carbons (Fsp3) is 0.290. The van der Waals surface area contributed by atoms with E-state index in [1.165, 1.54) is 45.6 Å². The van der Waals surface area contributed by atoms with E-state index >= 15 is 0 Å². The van der Waals surface area contributed by atoms with E-state index in [0.29, 0.717) is 22.8 Å². The number of Topliss-reactive ketones (excluding diaryl/α,β-unsaturated/α-hetero) is 1. The summed E-state index contributed by atoms with van der Waals surface area (Å²) in [7, 11) is 5.70. The van der Waals surface area contributed by atoms with Gasteiger partial charge >= 0.3 is 12.1 Å². The van der Waals surface area contributed by atoms with Crippen molar-refractivity contribution in [3.63, 3.8) is 0 Å². The van der Waals surface area contributed by atoms with Gasteiger partial charge < -0.3 is 24.3 Å². The van der Waals surface area contributed by atoms with E-state index in [-0.39, 0.29) is 52.1 Å². The number of allylic oxidation sites excluding steroid dienone is 1. The summed E-state index contributed by atoms with van der Waals surface area (Å²) >= 11 is 0. The lowest BCUT2D eigenvalue weighted by atomic mass is 9.78. The van der Waals surface area contributed by atoms with Gasteiger partial charge in [-0.25, -0.2) is 0 Å². The quantitative estimate of drug-likeness (QED) is 0.371. The van der Waals surface area contributed by atoms with Crippen LogP contribution in [0.4, 0.5) is 24.5 Å². The summed E-state index contributed by atoms with van der Waals surface area (Å²) < 4.78 is 64.3. The molecule has 0 saturated carbocycles. The number of alkyl halides is 3. The average molecular weight is 583 g/mol. The number of benzene rings is 3. The Kier molecular flexibility index (Phi) is 7.77. The van der Waals surface area contributed by atoms with Gasteiger partial charge in [-0.15, -0.1) is 0 Å². The minimum absolute atomic E-state index is 0.0260. The molecule has 0 aromatic heterocycles. The summed E-state index contributed by atoms with van der Waals surface area (Å²) in [6, 6.07) is 15.0. The van der Waals surface area contributed by atoms with Gasteiger partial charge in [0, 0.05) is 17.7 Å². The summed E-state index contributed by atoms with van der Waals surface area (Å²) in [6.45, 7) is 0. The molecule has 1 heterocycles. The van der Waals surface area contributed by atoms with Gasteiger partial charge in [0.2, 0.25) is 5.75 Å². The molecule has 1 amide bonds. The van der Waals surface area contributed by atoms with Gasteiger partial charge in [0.25, 0.3) is 0 Å². The van der Waals surface area contributed by atoms with Crippen molar-refractivity contribution in [3.8, 4) is 23.0 Å². The summed E-state index contributed by atoms with van der Waals surface area (Å²) in [5, 5.41) is 3.22. The molecule has 3 aromatic rings. The number of para-hydroxylation sites is 2. The molecular weight excluding hydrogens is 553 g/mol. The van der Waals surface area contributed by atoms with Crippen LogP contribution in [0, 0.1) is 0 Å². The number of ketones is 1. The van der Waals surface area contributed by atoms with Crippen molar-refractivity contribution in [2.24, 2.45) is 0 Å². The third-order valence-corrected chi connectivity index (χ3v) is 7.54. The fourth-order valence-corrected chi connectivity index (χ4v) is 5.64. The molecule has 0 fully saturated rings. The molecule has 11 heteroatoms. The van der Waals surface area contributed by atoms with Crippen molar-refractivity contribution >= 4 is 23.1 Å². The Hall–Kier alpha value is -4.67. The zero-order valence-corrected chi connectivity index (χ0v) is 23.4. The molecule has 0 saturated heterocycles. The van der Waals surface area contributed by atoms with Crippen LogP contribution in [0.15, 0.2) is 71.9 Å². The van der Waals surface area contributed by atoms with E-state index in [9.17, 15) is 22.8 Å². The Morgan fingerprint density at radius 3 is 2.07 bits per heavy atom. The zero-order valence-electron chi connectivity index (χ0n) is 23.4. The van der Waals surface area contributed by atoms with Gasteiger partial charge in [-0.3, -0.25) is 14.5 Å². The number of carbonyl (C=O) groups is 2. The van der Waals surface area contributed by atoms with Gasteiger partial charge in [0.1, 0.15) is 5.75 Å². The third-order valence-electron chi connectivity index (χ3n) is 7.54. The number of amides is 1. The number of hydrogen-bond acceptors (Lipinski definition) is 7. The maximum atomic E-state index is 14.2. The fourth-order valence-electron chi connectivity index (χ4n) is 5.64. The number of anilines is 2. The molecule has 1 N–H and O–H groups in total. The monoisotopic (exact) mass is 582 g/mol. The molecule has 1 aliphatic heterocycles. The molecule has 220 valence electrons. The number of hydrogen-bond donors (Lipinski definition) is 1. The maximum Gasteiger partial charge on any atom is 0.471 e. The van der Waals surface area contributed by atoms with Crippen molar-refractivity contribution in [2.75, 3.05) is 38.7 Å². The summed E-state index contributed by atoms with van der Waals surface area (Å²) in [5.74, 6) is -1.56. The van der Waals surface area contributed by atoms with Crippen molar-refractivity contribution < 1.29 is 41.7 Å². The van der Waals surface area contributed by atoms with Gasteiger partial charge in [-0.05, 0) is 59.9 Å². The highest BCUT2D eigenvalue weighted by atomic mass is 19.4. The first-order valence-corrected chi connectivity index (χ1v) is 13.1. The highest BCUT2D eigenvalue weighted by Crippen LogP contribution is 2.50. The summed E-state index contributed by atoms with van der Waals surface area (Å²) in [6.07, 6.45) is -4.89. The number of rotatable bonds is 6. The molecule has 2 aliphatic rings. The predicted molar refractivity (Wildman–Crippen MR) is 149 cm³/mol. The molecule has 0 radical (unpaired) electrons. The lowest BCUT2D eigenvalue weighted by Crippen LogP contribution is -2.45. The van der Waals surface area contributed by atoms with Crippen molar-refractivity contribution in [2.45, 2.75) is 31.0 Å². The second-order valence-corrected chi connectivity index (χ2v) is 9.87. The number of nitrogens with zero attached hydrogens (tertiary/aromatic N) is 1. The summed E-state index contributed by atoms with van der Waals surface area (Å²) in [4.78, 5) is 27.9. The smallest absolute Gasteiger partial charge is 0.471 e. The number of nitrogens with one attached hydrogen (secondary N) is 1. The Morgan fingerprint density at radius 1 is 0.857 bits per heavy atom. The molecule has 0 unspecified atom stereocenters. The average Bonchev–Trinajstić information content (AvgIpc) is 3.14. The van der Waals surface area contributed by atoms with Gasteiger partial charge in [0.05, 0.1) is 45.9 Å². The van der Waals surface area contributed by atoms with E-state index < -0.39 is 23.9 Å². The Morgan fingerprint density at radius 2 is 1.50 bits per heavy atom. The molecule has 2 atom stereocenters. The van der Waals surface area contributed by atoms with Crippen molar-refractivity contribution in [1.82, 2.24) is 0 Å². The number of carbonyl (C=O) groups excluding carboxylic acids is 2. The first-order valence-electron chi connectivity index (χ1n) is 13.1. The van der Waals surface area contributed by atoms with Crippen LogP contribution in [0.3, 0.4) is 0 Å². The highest BCUT2D eigenvalue weighted by molar-refractivity contribution is 6.07. The van der Waals surface area contributed by atoms with Gasteiger partial charge in [-0.1, -0.05) is 24.3 Å². The van der Waals surface area contributed by atoms with E-state index in [1.54, 1.807) is 31.4 Å². The molecule has 0 bridgehead atoms. The summed E-state index contributed by atoms with van der Waals surface area (Å²) in [5.41, 5.74) is 1.79. The van der Waals surface area contributed by atoms with Gasteiger partial charge in [-0.2, -0.15) is 13.2 Å². The molecule has 42 heavy (non-hydrogen) atoms. The molecule has 8 nitrogen and oxygen atoms in total. The second kappa shape index (κ2) is 11.3. The lowest BCUT2D eigenvalue weighted by Gasteiger charge is -2.35. The zero-order chi connectivity index (χ0) is 30.2. The number of ether oxygens (including phenoxy) is 4. The largest absolute Gasteiger partial charge is 0.497 e. The number of fused-ring (bicyclic) bond motifs is 1. The minimum Gasteiger partial charge on any atom is -0.497 e. The van der Waals surface area contributed by atoms with Crippen LogP contribution >= 0.6 is 0 Å². The number of methoxy groups -OCH3 is 4. The standard InChI is InChI=1S/C31H29F3N2O6/c1-39-20-11-9-17(10-12-20)18-13-22-27(24(37)14-18)28(19-15-25(40-2)29(42-4)26(16-19)41-3)36(30(38)31(32,33)34)23-8-6-5-7-21(23)35-22/h5-12,15-16,18,28,35H,13-14H2,1-4H3/t18-,28-/m1/s1. The Labute approximate surface area is 240 Å². The molecule has 5 rings (SSSR count). The topological polar surface area (TPSA) is 86.3 Å². The van der Waals surface area contributed by atoms with Gasteiger partial charge in [0.15, 0.2) is 17.3 Å². The highest BCUT2D eigenvalue weighted by Gasteiger charge is 2.50. The first-order chi connectivity index (χ1) is 20.1. The minimum atomic E-state index is -5.24. The molecule has 0 spiro atoms. The maximum absolute atomic E-state index is 14.2. The van der Waals surface area contributed by atoms with Crippen molar-refractivity contribution in [3.05, 3.63) is 83.1 Å². The molecule has 1 aliphatic carbocycles. The number of halogens is 3. The van der Waals surface area contributed by atoms with Crippen LogP contribution in [0.2, 0.25) is 0 Å². The second-order valence-electron chi connectivity index (χ2n) is 9.87. The van der Waals surface area contributed by atoms with Crippen LogP contribution in [0.5, 0.6) is 23.0 Å². The third kappa shape index (κ3) is 5.10. The van der Waals surface area contributed by atoms with E-state index in [1.807, 2.05) is 12.1 Å². The first kappa shape index (κ1) is 28.8. The van der Waals surface area contributed by atoms with Crippen LogP contribution in [-0.4, -0.2) is 46.3 Å². The normalized spacial score (nSPS) is 18.4. The Balaban J connectivity index is 1.76. The lowest BCUT2D eigenvalue weighted by molar-refractivity contribution is -0.170. The van der Waals surface area contributed by atoms with E-state index in [4.69, 9.17) is 18.9 Å². The predicted octanol–water partition coefficient (Wildman–Crippen LogP) is 6.18. The van der Waals surface area contributed by atoms with Crippen LogP contribution in [0.25, 0.3) is 0 Å². The SMILES string of the molecule is COc1ccc([C@H]2CC(=O)C3=C(C2)Nc2ccccc2N(C(=O)C(F)(F)F)[C@@H]3c2cc(OC)c(OC)c(OC)c2)cc1. The van der Waals surface area contributed by atoms with Crippen LogP contribution in [0.1, 0.15) is 35.9 Å². The van der Waals surface area contributed by atoms with E-state index in [0.717, 1.165) is 5.56 Å².